The lowest BCUT2D eigenvalue weighted by Crippen LogP contribution is -2.36. The molecule has 76 valence electrons. The molecule has 0 aromatic carbocycles. The molecule has 2 bridgehead atoms. The lowest BCUT2D eigenvalue weighted by atomic mass is 9.70. The molecular weight excluding hydrogens is 178 g/mol. The van der Waals surface area contributed by atoms with Gasteiger partial charge in [0.05, 0.1) is 17.9 Å². The van der Waals surface area contributed by atoms with Crippen LogP contribution in [0.15, 0.2) is 5.16 Å². The van der Waals surface area contributed by atoms with Crippen LogP contribution in [0.5, 0.6) is 0 Å². The maximum absolute atomic E-state index is 9.16. The number of hydrogen-bond donors (Lipinski definition) is 1. The van der Waals surface area contributed by atoms with E-state index < -0.39 is 0 Å². The van der Waals surface area contributed by atoms with Crippen molar-refractivity contribution < 1.29 is 9.94 Å². The Hall–Kier alpha value is -0.570. The van der Waals surface area contributed by atoms with Gasteiger partial charge in [-0.15, -0.1) is 0 Å². The molecule has 0 radical (unpaired) electrons. The first-order valence-corrected chi connectivity index (χ1v) is 5.71. The summed E-state index contributed by atoms with van der Waals surface area (Å²) in [5.41, 5.74) is 1.40. The van der Waals surface area contributed by atoms with E-state index in [0.29, 0.717) is 18.1 Å². The molecule has 4 rings (SSSR count). The number of hydrogen-bond acceptors (Lipinski definition) is 3. The number of oxime groups is 1. The number of fused-ring (bicyclic) bond motifs is 4. The Morgan fingerprint density at radius 3 is 2.79 bits per heavy atom. The number of nitrogens with zero attached hydrogens (tertiary/aromatic N) is 1. The highest BCUT2D eigenvalue weighted by Gasteiger charge is 2.66. The van der Waals surface area contributed by atoms with E-state index in [-0.39, 0.29) is 5.41 Å². The maximum Gasteiger partial charge on any atom is 0.0851 e. The second-order valence-electron chi connectivity index (χ2n) is 5.47. The highest BCUT2D eigenvalue weighted by Crippen LogP contribution is 2.64. The van der Waals surface area contributed by atoms with E-state index in [1.807, 2.05) is 0 Å². The zero-order valence-electron chi connectivity index (χ0n) is 8.15. The van der Waals surface area contributed by atoms with Crippen molar-refractivity contribution in [3.63, 3.8) is 0 Å². The zero-order chi connectivity index (χ0) is 9.34. The van der Waals surface area contributed by atoms with Gasteiger partial charge in [-0.3, -0.25) is 0 Å². The van der Waals surface area contributed by atoms with Crippen molar-refractivity contribution >= 4 is 5.71 Å². The lowest BCUT2D eigenvalue weighted by Gasteiger charge is -2.35. The van der Waals surface area contributed by atoms with Gasteiger partial charge in [0, 0.05) is 11.3 Å². The summed E-state index contributed by atoms with van der Waals surface area (Å²) in [4.78, 5) is 0. The largest absolute Gasteiger partial charge is 0.411 e. The first-order chi connectivity index (χ1) is 6.83. The minimum Gasteiger partial charge on any atom is -0.411 e. The molecule has 3 aliphatic carbocycles. The quantitative estimate of drug-likeness (QED) is 0.362. The third kappa shape index (κ3) is 0.691. The molecule has 14 heavy (non-hydrogen) atoms. The van der Waals surface area contributed by atoms with Crippen LogP contribution in [0.4, 0.5) is 0 Å². The molecule has 1 heterocycles. The molecule has 1 N–H and O–H groups in total. The summed E-state index contributed by atoms with van der Waals surface area (Å²) in [7, 11) is 0. The van der Waals surface area contributed by atoms with Crippen molar-refractivity contribution in [2.24, 2.45) is 22.4 Å². The van der Waals surface area contributed by atoms with E-state index in [1.165, 1.54) is 19.3 Å². The highest BCUT2D eigenvalue weighted by atomic mass is 16.6. The third-order valence-corrected chi connectivity index (χ3v) is 5.04. The van der Waals surface area contributed by atoms with Gasteiger partial charge in [0.2, 0.25) is 0 Å². The summed E-state index contributed by atoms with van der Waals surface area (Å²) in [5, 5.41) is 12.8. The van der Waals surface area contributed by atoms with Gasteiger partial charge in [-0.2, -0.15) is 0 Å². The van der Waals surface area contributed by atoms with Crippen LogP contribution in [0, 0.1) is 17.3 Å². The minimum absolute atomic E-state index is 0.269. The molecule has 4 fully saturated rings. The topological polar surface area (TPSA) is 45.1 Å². The second kappa shape index (κ2) is 2.16. The van der Waals surface area contributed by atoms with Gasteiger partial charge in [0.25, 0.3) is 0 Å². The Morgan fingerprint density at radius 1 is 1.29 bits per heavy atom. The highest BCUT2D eigenvalue weighted by molar-refractivity contribution is 5.95. The van der Waals surface area contributed by atoms with Gasteiger partial charge in [-0.25, -0.2) is 0 Å². The summed E-state index contributed by atoms with van der Waals surface area (Å²) in [5.74, 6) is 1.40. The zero-order valence-corrected chi connectivity index (χ0v) is 8.15. The Kier molecular flexibility index (Phi) is 1.19. The molecule has 0 amide bonds. The van der Waals surface area contributed by atoms with E-state index in [0.717, 1.165) is 24.5 Å². The average molecular weight is 193 g/mol. The molecule has 1 saturated heterocycles. The number of ether oxygens (including phenoxy) is 1. The van der Waals surface area contributed by atoms with Crippen molar-refractivity contribution in [1.29, 1.82) is 0 Å². The van der Waals surface area contributed by atoms with Crippen LogP contribution in [-0.4, -0.2) is 23.1 Å². The normalized spacial score (nSPS) is 61.3. The van der Waals surface area contributed by atoms with E-state index in [2.05, 4.69) is 5.16 Å². The number of rotatable bonds is 0. The van der Waals surface area contributed by atoms with Crippen LogP contribution in [0.3, 0.4) is 0 Å². The van der Waals surface area contributed by atoms with Crippen LogP contribution >= 0.6 is 0 Å². The molecule has 0 aromatic heterocycles. The summed E-state index contributed by atoms with van der Waals surface area (Å²) in [6.07, 6.45) is 7.16. The fourth-order valence-electron chi connectivity index (χ4n) is 4.41. The Morgan fingerprint density at radius 2 is 2.07 bits per heavy atom. The van der Waals surface area contributed by atoms with Crippen LogP contribution in [0.25, 0.3) is 0 Å². The van der Waals surface area contributed by atoms with Gasteiger partial charge in [0.1, 0.15) is 0 Å². The van der Waals surface area contributed by atoms with Crippen molar-refractivity contribution in [3.8, 4) is 0 Å². The number of epoxide rings is 1. The molecule has 1 aliphatic heterocycles. The smallest absolute Gasteiger partial charge is 0.0851 e. The predicted molar refractivity (Wildman–Crippen MR) is 50.4 cm³/mol. The monoisotopic (exact) mass is 193 g/mol. The predicted octanol–water partition coefficient (Wildman–Crippen LogP) is 1.79. The molecular formula is C11H15NO2. The molecule has 3 saturated carbocycles. The van der Waals surface area contributed by atoms with Crippen LogP contribution in [-0.2, 0) is 4.74 Å². The van der Waals surface area contributed by atoms with E-state index in [9.17, 15) is 0 Å². The summed E-state index contributed by atoms with van der Waals surface area (Å²) in [6.45, 7) is 0. The fourth-order valence-corrected chi connectivity index (χ4v) is 4.41. The molecule has 3 heteroatoms. The van der Waals surface area contributed by atoms with Crippen molar-refractivity contribution in [2.75, 3.05) is 0 Å². The molecule has 3 nitrogen and oxygen atoms in total. The molecule has 1 spiro atoms. The van der Waals surface area contributed by atoms with E-state index in [4.69, 9.17) is 9.94 Å². The first kappa shape index (κ1) is 7.69. The molecule has 4 atom stereocenters. The second-order valence-corrected chi connectivity index (χ2v) is 5.47. The summed E-state index contributed by atoms with van der Waals surface area (Å²) < 4.78 is 5.50. The van der Waals surface area contributed by atoms with Gasteiger partial charge in [0.15, 0.2) is 0 Å². The first-order valence-electron chi connectivity index (χ1n) is 5.71. The van der Waals surface area contributed by atoms with Gasteiger partial charge in [-0.05, 0) is 38.0 Å². The van der Waals surface area contributed by atoms with Crippen molar-refractivity contribution in [3.05, 3.63) is 0 Å². The van der Waals surface area contributed by atoms with Gasteiger partial charge >= 0.3 is 0 Å². The van der Waals surface area contributed by atoms with E-state index in [1.54, 1.807) is 0 Å². The van der Waals surface area contributed by atoms with Crippen molar-refractivity contribution in [1.82, 2.24) is 0 Å². The van der Waals surface area contributed by atoms with Crippen LogP contribution in [0.1, 0.15) is 32.1 Å². The molecule has 0 aromatic rings. The minimum atomic E-state index is 0.269. The Bertz CT molecular complexity index is 315. The van der Waals surface area contributed by atoms with Crippen LogP contribution in [0.2, 0.25) is 0 Å². The summed E-state index contributed by atoms with van der Waals surface area (Å²) in [6, 6.07) is 0. The third-order valence-electron chi connectivity index (χ3n) is 5.04. The van der Waals surface area contributed by atoms with Crippen molar-refractivity contribution in [2.45, 2.75) is 44.3 Å². The van der Waals surface area contributed by atoms with Crippen LogP contribution < -0.4 is 0 Å². The standard InChI is InChI=1S/C11H15NO2/c13-12-10-6-1-2-7(3-6)11(10)4-8-9(5-11)14-8/h6-9,13H,1-5H2/b12-10-/t6-,7+,8?,9?,11?/m1/s1. The lowest BCUT2D eigenvalue weighted by molar-refractivity contribution is 0.173. The van der Waals surface area contributed by atoms with E-state index >= 15 is 0 Å². The fraction of sp³-hybridized carbons (Fsp3) is 0.909. The molecule has 2 unspecified atom stereocenters. The summed E-state index contributed by atoms with van der Waals surface area (Å²) >= 11 is 0. The van der Waals surface area contributed by atoms with Gasteiger partial charge < -0.3 is 9.94 Å². The SMILES string of the molecule is O/N=C1/[C@@H]2CC[C@@H](C2)C12CC1OC1C2. The Balaban J connectivity index is 1.77. The average Bonchev–Trinajstić information content (AvgIpc) is 2.65. The molecule has 4 aliphatic rings. The maximum atomic E-state index is 9.16. The van der Waals surface area contributed by atoms with Gasteiger partial charge in [-0.1, -0.05) is 5.16 Å². The Labute approximate surface area is 83.1 Å².